The predicted molar refractivity (Wildman–Crippen MR) is 200 cm³/mol. The van der Waals surface area contributed by atoms with Crippen molar-refractivity contribution in [3.05, 3.63) is 170 Å². The highest BCUT2D eigenvalue weighted by Crippen LogP contribution is 2.52. The van der Waals surface area contributed by atoms with Gasteiger partial charge in [0.25, 0.3) is 0 Å². The SMILES string of the molecule is C[P+](c1ccccc1)(c1ccccc1)c1ccccc1[B-](F)(F)F.C[P+](c1ccccc1)(c1ccccc1)c1ccccc1[B-](F)(F)F. The van der Waals surface area contributed by atoms with Gasteiger partial charge in [0.15, 0.2) is 0 Å². The molecule has 0 nitrogen and oxygen atoms in total. The van der Waals surface area contributed by atoms with Crippen LogP contribution in [0.4, 0.5) is 25.9 Å². The Hall–Kier alpha value is -4.11. The lowest BCUT2D eigenvalue weighted by Crippen LogP contribution is -2.48. The van der Waals surface area contributed by atoms with Gasteiger partial charge in [-0.3, -0.25) is 0 Å². The van der Waals surface area contributed by atoms with Crippen molar-refractivity contribution >= 4 is 71.2 Å². The lowest BCUT2D eigenvalue weighted by atomic mass is 9.80. The molecule has 6 aromatic carbocycles. The van der Waals surface area contributed by atoms with Crippen LogP contribution >= 0.6 is 14.5 Å². The maximum absolute atomic E-state index is 13.7. The van der Waals surface area contributed by atoms with Crippen LogP contribution in [0.2, 0.25) is 0 Å². The van der Waals surface area contributed by atoms with Crippen molar-refractivity contribution in [3.8, 4) is 0 Å². The second-order valence-electron chi connectivity index (χ2n) is 11.6. The Bertz CT molecular complexity index is 1700. The van der Waals surface area contributed by atoms with E-state index in [4.69, 9.17) is 0 Å². The summed E-state index contributed by atoms with van der Waals surface area (Å²) in [5, 5.41) is 4.59. The number of hydrogen-bond acceptors (Lipinski definition) is 0. The summed E-state index contributed by atoms with van der Waals surface area (Å²) in [5.41, 5.74) is -0.970. The third kappa shape index (κ3) is 7.31. The molecule has 6 aromatic rings. The Labute approximate surface area is 279 Å². The minimum atomic E-state index is -5.07. The molecule has 0 N–H and O–H groups in total. The van der Waals surface area contributed by atoms with Crippen molar-refractivity contribution in [2.24, 2.45) is 0 Å². The molecule has 0 fully saturated rings. The molecule has 0 bridgehead atoms. The van der Waals surface area contributed by atoms with E-state index in [-0.39, 0.29) is 0 Å². The molecule has 0 saturated heterocycles. The average molecular weight is 688 g/mol. The normalized spacial score (nSPS) is 12.2. The average Bonchev–Trinajstić information content (AvgIpc) is 3.12. The molecule has 10 heteroatoms. The van der Waals surface area contributed by atoms with Crippen molar-refractivity contribution in [2.75, 3.05) is 13.3 Å². The fourth-order valence-electron chi connectivity index (χ4n) is 6.10. The van der Waals surface area contributed by atoms with E-state index in [2.05, 4.69) is 0 Å². The zero-order valence-corrected chi connectivity index (χ0v) is 28.3. The zero-order chi connectivity index (χ0) is 34.4. The van der Waals surface area contributed by atoms with Crippen molar-refractivity contribution in [1.29, 1.82) is 0 Å². The minimum Gasteiger partial charge on any atom is -0.445 e. The van der Waals surface area contributed by atoms with Gasteiger partial charge in [-0.15, -0.1) is 0 Å². The Morgan fingerprint density at radius 3 is 0.750 bits per heavy atom. The topological polar surface area (TPSA) is 0 Å². The quantitative estimate of drug-likeness (QED) is 0.0894. The summed E-state index contributed by atoms with van der Waals surface area (Å²) in [7, 11) is -4.73. The molecule has 0 aliphatic rings. The van der Waals surface area contributed by atoms with E-state index >= 15 is 0 Å². The van der Waals surface area contributed by atoms with Crippen LogP contribution < -0.4 is 42.8 Å². The summed E-state index contributed by atoms with van der Waals surface area (Å²) >= 11 is 0. The van der Waals surface area contributed by atoms with Crippen LogP contribution in [0, 0.1) is 0 Å². The standard InChI is InChI=1S/2C19H17BF3P/c2*1-24(16-10-4-2-5-11-16,17-12-6-3-7-13-17)19-15-9-8-14-18(19)20(21,22)23/h2*2-15H,1H3. The first-order valence-electron chi connectivity index (χ1n) is 15.4. The van der Waals surface area contributed by atoms with E-state index in [9.17, 15) is 25.9 Å². The summed E-state index contributed by atoms with van der Waals surface area (Å²) < 4.78 is 82.1. The third-order valence-corrected chi connectivity index (χ3v) is 16.7. The molecule has 0 heterocycles. The van der Waals surface area contributed by atoms with E-state index < -0.39 is 39.4 Å². The first-order valence-corrected chi connectivity index (χ1v) is 19.9. The van der Waals surface area contributed by atoms with Crippen LogP contribution in [0.25, 0.3) is 0 Å². The van der Waals surface area contributed by atoms with E-state index in [0.29, 0.717) is 10.6 Å². The highest BCUT2D eigenvalue weighted by Gasteiger charge is 2.46. The third-order valence-electron chi connectivity index (χ3n) is 8.63. The van der Waals surface area contributed by atoms with Crippen molar-refractivity contribution in [3.63, 3.8) is 0 Å². The van der Waals surface area contributed by atoms with Gasteiger partial charge in [-0.25, -0.2) is 0 Å². The maximum Gasteiger partial charge on any atom is 0.513 e. The predicted octanol–water partition coefficient (Wildman–Crippen LogP) is 7.33. The van der Waals surface area contributed by atoms with E-state index in [1.165, 1.54) is 24.3 Å². The molecular formula is C38H34B2F6P2. The van der Waals surface area contributed by atoms with Crippen molar-refractivity contribution in [1.82, 2.24) is 0 Å². The van der Waals surface area contributed by atoms with Gasteiger partial charge in [-0.1, -0.05) is 120 Å². The molecule has 48 heavy (non-hydrogen) atoms. The smallest absolute Gasteiger partial charge is 0.445 e. The van der Waals surface area contributed by atoms with Gasteiger partial charge in [0.1, 0.15) is 35.7 Å². The summed E-state index contributed by atoms with van der Waals surface area (Å²) in [5.74, 6) is 0. The van der Waals surface area contributed by atoms with Gasteiger partial charge < -0.3 is 25.9 Å². The Morgan fingerprint density at radius 1 is 0.312 bits per heavy atom. The Balaban J connectivity index is 0.000000188. The van der Waals surface area contributed by atoms with Crippen LogP contribution in [0.3, 0.4) is 0 Å². The summed E-state index contributed by atoms with van der Waals surface area (Å²) in [4.78, 5) is 0. The van der Waals surface area contributed by atoms with Crippen molar-refractivity contribution in [2.45, 2.75) is 0 Å². The Kier molecular flexibility index (Phi) is 10.7. The molecule has 244 valence electrons. The van der Waals surface area contributed by atoms with Crippen LogP contribution in [0.5, 0.6) is 0 Å². The summed E-state index contributed by atoms with van der Waals surface area (Å²) in [6.45, 7) is -6.20. The molecule has 0 aliphatic heterocycles. The molecule has 0 aromatic heterocycles. The lowest BCUT2D eigenvalue weighted by Gasteiger charge is -2.28. The van der Waals surface area contributed by atoms with Gasteiger partial charge in [-0.05, 0) is 60.7 Å². The van der Waals surface area contributed by atoms with Gasteiger partial charge in [-0.2, -0.15) is 0 Å². The van der Waals surface area contributed by atoms with Crippen LogP contribution in [0.15, 0.2) is 170 Å². The second kappa shape index (κ2) is 14.6. The molecule has 0 unspecified atom stereocenters. The Morgan fingerprint density at radius 2 is 0.521 bits per heavy atom. The van der Waals surface area contributed by atoms with E-state index in [1.807, 2.05) is 135 Å². The highest BCUT2D eigenvalue weighted by atomic mass is 31.2. The fraction of sp³-hybridized carbons (Fsp3) is 0.0526. The fourth-order valence-corrected chi connectivity index (χ4v) is 13.1. The summed E-state index contributed by atoms with van der Waals surface area (Å²) in [6, 6.07) is 50.1. The minimum absolute atomic E-state index is 0.398. The largest absolute Gasteiger partial charge is 0.513 e. The number of benzene rings is 6. The number of halogens is 6. The molecule has 0 saturated carbocycles. The zero-order valence-electron chi connectivity index (χ0n) is 26.5. The van der Waals surface area contributed by atoms with Gasteiger partial charge in [0.05, 0.1) is 23.9 Å². The number of hydrogen-bond donors (Lipinski definition) is 0. The lowest BCUT2D eigenvalue weighted by molar-refractivity contribution is 0.499. The van der Waals surface area contributed by atoms with Gasteiger partial charge >= 0.3 is 14.0 Å². The van der Waals surface area contributed by atoms with Crippen molar-refractivity contribution < 1.29 is 25.9 Å². The molecular weight excluding hydrogens is 654 g/mol. The molecule has 0 atom stereocenters. The molecule has 0 radical (unpaired) electrons. The first kappa shape index (κ1) is 35.2. The monoisotopic (exact) mass is 688 g/mol. The summed E-state index contributed by atoms with van der Waals surface area (Å²) in [6.07, 6.45) is 0. The van der Waals surface area contributed by atoms with Gasteiger partial charge in [0.2, 0.25) is 0 Å². The highest BCUT2D eigenvalue weighted by molar-refractivity contribution is 7.96. The van der Waals surface area contributed by atoms with Crippen LogP contribution in [-0.4, -0.2) is 27.3 Å². The van der Waals surface area contributed by atoms with Gasteiger partial charge in [0, 0.05) is 0 Å². The molecule has 0 spiro atoms. The van der Waals surface area contributed by atoms with Crippen LogP contribution in [0.1, 0.15) is 0 Å². The maximum atomic E-state index is 13.7. The molecule has 0 amide bonds. The molecule has 6 rings (SSSR count). The number of rotatable bonds is 8. The first-order chi connectivity index (χ1) is 22.9. The van der Waals surface area contributed by atoms with E-state index in [0.717, 1.165) is 21.2 Å². The molecule has 0 aliphatic carbocycles. The van der Waals surface area contributed by atoms with Crippen LogP contribution in [-0.2, 0) is 0 Å². The van der Waals surface area contributed by atoms with E-state index in [1.54, 1.807) is 24.3 Å². The second-order valence-corrected chi connectivity index (χ2v) is 18.7.